The van der Waals surface area contributed by atoms with Gasteiger partial charge in [0.2, 0.25) is 5.91 Å². The first-order chi connectivity index (χ1) is 12.0. The standard InChI is InChI=1S/C18H30N4O3S/c1-13-16(14(2)22(19-13)15-6-11-26(24,25)12-15)20-7-9-21(10-8-20)17(23)18(3,4)5/h15H,6-12H2,1-5H3. The zero-order valence-electron chi connectivity index (χ0n) is 16.4. The highest BCUT2D eigenvalue weighted by Gasteiger charge is 2.34. The van der Waals surface area contributed by atoms with Crippen LogP contribution in [-0.2, 0) is 14.6 Å². The van der Waals surface area contributed by atoms with Crippen LogP contribution in [0.3, 0.4) is 0 Å². The Bertz CT molecular complexity index is 799. The number of hydrogen-bond acceptors (Lipinski definition) is 5. The van der Waals surface area contributed by atoms with E-state index in [1.807, 2.05) is 44.2 Å². The van der Waals surface area contributed by atoms with Crippen molar-refractivity contribution in [3.05, 3.63) is 11.4 Å². The Morgan fingerprint density at radius 3 is 2.23 bits per heavy atom. The van der Waals surface area contributed by atoms with E-state index in [1.165, 1.54) is 0 Å². The van der Waals surface area contributed by atoms with Crippen LogP contribution < -0.4 is 4.90 Å². The summed E-state index contributed by atoms with van der Waals surface area (Å²) in [6.07, 6.45) is 0.637. The van der Waals surface area contributed by atoms with Crippen LogP contribution in [-0.4, -0.2) is 66.7 Å². The second-order valence-electron chi connectivity index (χ2n) is 8.55. The molecule has 0 spiro atoms. The lowest BCUT2D eigenvalue weighted by molar-refractivity contribution is -0.139. The summed E-state index contributed by atoms with van der Waals surface area (Å²) in [6, 6.07) is -0.0591. The number of anilines is 1. The van der Waals surface area contributed by atoms with Gasteiger partial charge >= 0.3 is 0 Å². The van der Waals surface area contributed by atoms with Crippen molar-refractivity contribution in [3.8, 4) is 0 Å². The van der Waals surface area contributed by atoms with Gasteiger partial charge in [-0.25, -0.2) is 8.42 Å². The maximum Gasteiger partial charge on any atom is 0.228 e. The van der Waals surface area contributed by atoms with Crippen LogP contribution >= 0.6 is 0 Å². The third kappa shape index (κ3) is 3.61. The fourth-order valence-corrected chi connectivity index (χ4v) is 5.74. The summed E-state index contributed by atoms with van der Waals surface area (Å²) in [6.45, 7) is 12.8. The highest BCUT2D eigenvalue weighted by atomic mass is 32.2. The molecule has 0 aromatic carbocycles. The van der Waals surface area contributed by atoms with Crippen molar-refractivity contribution in [2.45, 2.75) is 47.1 Å². The van der Waals surface area contributed by atoms with Gasteiger partial charge in [0, 0.05) is 31.6 Å². The molecule has 1 aromatic rings. The van der Waals surface area contributed by atoms with Crippen LogP contribution in [0.2, 0.25) is 0 Å². The van der Waals surface area contributed by atoms with Crippen molar-refractivity contribution >= 4 is 21.4 Å². The molecular weight excluding hydrogens is 352 g/mol. The number of nitrogens with zero attached hydrogens (tertiary/aromatic N) is 4. The van der Waals surface area contributed by atoms with Gasteiger partial charge < -0.3 is 9.80 Å². The molecule has 2 aliphatic rings. The molecule has 1 atom stereocenters. The molecule has 1 unspecified atom stereocenters. The van der Waals surface area contributed by atoms with Gasteiger partial charge in [0.25, 0.3) is 0 Å². The molecule has 0 saturated carbocycles. The summed E-state index contributed by atoms with van der Waals surface area (Å²) in [7, 11) is -2.94. The number of rotatable bonds is 2. The first-order valence-electron chi connectivity index (χ1n) is 9.30. The van der Waals surface area contributed by atoms with Crippen molar-refractivity contribution in [2.75, 3.05) is 42.6 Å². The number of hydrogen-bond donors (Lipinski definition) is 0. The van der Waals surface area contributed by atoms with Crippen LogP contribution in [0.15, 0.2) is 0 Å². The molecule has 3 heterocycles. The van der Waals surface area contributed by atoms with E-state index >= 15 is 0 Å². The Hall–Kier alpha value is -1.57. The van der Waals surface area contributed by atoms with E-state index in [4.69, 9.17) is 0 Å². The van der Waals surface area contributed by atoms with Gasteiger partial charge in [0.05, 0.1) is 34.6 Å². The maximum absolute atomic E-state index is 12.5. The number of aromatic nitrogens is 2. The van der Waals surface area contributed by atoms with Gasteiger partial charge in [-0.2, -0.15) is 5.10 Å². The van der Waals surface area contributed by atoms with Crippen LogP contribution in [0.25, 0.3) is 0 Å². The van der Waals surface area contributed by atoms with Crippen LogP contribution in [0, 0.1) is 19.3 Å². The Balaban J connectivity index is 1.75. The van der Waals surface area contributed by atoms with Crippen molar-refractivity contribution in [1.29, 1.82) is 0 Å². The molecule has 0 radical (unpaired) electrons. The van der Waals surface area contributed by atoms with E-state index in [1.54, 1.807) is 0 Å². The van der Waals surface area contributed by atoms with Gasteiger partial charge in [0.15, 0.2) is 9.84 Å². The summed E-state index contributed by atoms with van der Waals surface area (Å²) in [5, 5.41) is 4.66. The first kappa shape index (κ1) is 19.2. The minimum atomic E-state index is -2.94. The van der Waals surface area contributed by atoms with E-state index in [2.05, 4.69) is 10.00 Å². The van der Waals surface area contributed by atoms with Gasteiger partial charge in [0.1, 0.15) is 0 Å². The molecule has 26 heavy (non-hydrogen) atoms. The first-order valence-corrected chi connectivity index (χ1v) is 11.1. The molecule has 2 fully saturated rings. The number of piperazine rings is 1. The van der Waals surface area contributed by atoms with E-state index < -0.39 is 9.84 Å². The molecule has 1 amide bonds. The lowest BCUT2D eigenvalue weighted by atomic mass is 9.94. The lowest BCUT2D eigenvalue weighted by Gasteiger charge is -2.38. The van der Waals surface area contributed by atoms with E-state index in [-0.39, 0.29) is 28.9 Å². The predicted octanol–water partition coefficient (Wildman–Crippen LogP) is 1.55. The van der Waals surface area contributed by atoms with Gasteiger partial charge in [-0.05, 0) is 20.3 Å². The highest BCUT2D eigenvalue weighted by Crippen LogP contribution is 2.32. The molecule has 0 aliphatic carbocycles. The molecule has 7 nitrogen and oxygen atoms in total. The van der Waals surface area contributed by atoms with Gasteiger partial charge in [-0.15, -0.1) is 0 Å². The topological polar surface area (TPSA) is 75.5 Å². The predicted molar refractivity (Wildman–Crippen MR) is 102 cm³/mol. The Labute approximate surface area is 156 Å². The van der Waals surface area contributed by atoms with Crippen molar-refractivity contribution < 1.29 is 13.2 Å². The molecule has 146 valence electrons. The molecule has 0 N–H and O–H groups in total. The zero-order chi connectivity index (χ0) is 19.3. The average molecular weight is 383 g/mol. The number of amides is 1. The Kier molecular flexibility index (Phi) is 4.83. The smallest absolute Gasteiger partial charge is 0.228 e. The van der Waals surface area contributed by atoms with E-state index in [9.17, 15) is 13.2 Å². The largest absolute Gasteiger partial charge is 0.365 e. The third-order valence-corrected chi connectivity index (χ3v) is 7.12. The van der Waals surface area contributed by atoms with Crippen LogP contribution in [0.1, 0.15) is 44.6 Å². The number of sulfone groups is 1. The quantitative estimate of drug-likeness (QED) is 0.776. The summed E-state index contributed by atoms with van der Waals surface area (Å²) in [5.74, 6) is 0.624. The second-order valence-corrected chi connectivity index (χ2v) is 10.8. The number of carbonyl (C=O) groups excluding carboxylic acids is 1. The summed E-state index contributed by atoms with van der Waals surface area (Å²) in [5.41, 5.74) is 2.70. The monoisotopic (exact) mass is 382 g/mol. The van der Waals surface area contributed by atoms with E-state index in [0.717, 1.165) is 30.2 Å². The molecule has 2 aliphatic heterocycles. The highest BCUT2D eigenvalue weighted by molar-refractivity contribution is 7.91. The summed E-state index contributed by atoms with van der Waals surface area (Å²) in [4.78, 5) is 16.7. The average Bonchev–Trinajstić information content (AvgIpc) is 3.05. The Morgan fingerprint density at radius 2 is 1.73 bits per heavy atom. The molecule has 0 bridgehead atoms. The van der Waals surface area contributed by atoms with Crippen molar-refractivity contribution in [3.63, 3.8) is 0 Å². The zero-order valence-corrected chi connectivity index (χ0v) is 17.3. The second kappa shape index (κ2) is 6.55. The Morgan fingerprint density at radius 1 is 1.12 bits per heavy atom. The number of carbonyl (C=O) groups is 1. The lowest BCUT2D eigenvalue weighted by Crippen LogP contribution is -2.51. The molecule has 3 rings (SSSR count). The normalized spacial score (nSPS) is 23.5. The molecule has 1 aromatic heterocycles. The van der Waals surface area contributed by atoms with Crippen LogP contribution in [0.4, 0.5) is 5.69 Å². The van der Waals surface area contributed by atoms with Gasteiger partial charge in [-0.1, -0.05) is 20.8 Å². The summed E-state index contributed by atoms with van der Waals surface area (Å²) < 4.78 is 25.5. The fourth-order valence-electron chi connectivity index (χ4n) is 4.04. The number of aryl methyl sites for hydroxylation is 1. The van der Waals surface area contributed by atoms with Crippen molar-refractivity contribution in [2.24, 2.45) is 5.41 Å². The molecular formula is C18H30N4O3S. The van der Waals surface area contributed by atoms with E-state index in [0.29, 0.717) is 19.5 Å². The fraction of sp³-hybridized carbons (Fsp3) is 0.778. The van der Waals surface area contributed by atoms with Crippen molar-refractivity contribution in [1.82, 2.24) is 14.7 Å². The third-order valence-electron chi connectivity index (χ3n) is 5.37. The summed E-state index contributed by atoms with van der Waals surface area (Å²) >= 11 is 0. The minimum Gasteiger partial charge on any atom is -0.365 e. The maximum atomic E-state index is 12.5. The minimum absolute atomic E-state index is 0.0591. The van der Waals surface area contributed by atoms with Gasteiger partial charge in [-0.3, -0.25) is 9.48 Å². The SMILES string of the molecule is Cc1nn(C2CCS(=O)(=O)C2)c(C)c1N1CCN(C(=O)C(C)(C)C)CC1. The molecule has 8 heteroatoms. The van der Waals surface area contributed by atoms with Crippen LogP contribution in [0.5, 0.6) is 0 Å². The molecule has 2 saturated heterocycles.